The Bertz CT molecular complexity index is 1100. The Hall–Kier alpha value is -3.48. The van der Waals surface area contributed by atoms with Crippen molar-refractivity contribution < 1.29 is 33.3 Å². The molecule has 2 aliphatic heterocycles. The lowest BCUT2D eigenvalue weighted by molar-refractivity contribution is -0.174. The molecule has 0 saturated carbocycles. The molecule has 0 bridgehead atoms. The predicted molar refractivity (Wildman–Crippen MR) is 85.9 cm³/mol. The summed E-state index contributed by atoms with van der Waals surface area (Å²) in [6.07, 6.45) is -4.49. The molecule has 0 spiro atoms. The topological polar surface area (TPSA) is 172 Å². The number of rotatable bonds is 3. The minimum atomic E-state index is -1.34. The van der Waals surface area contributed by atoms with E-state index in [1.54, 1.807) is 0 Å². The molecule has 5 atom stereocenters. The van der Waals surface area contributed by atoms with Gasteiger partial charge in [-0.1, -0.05) is 0 Å². The van der Waals surface area contributed by atoms with E-state index < -0.39 is 59.8 Å². The Kier molecular flexibility index (Phi) is 4.03. The van der Waals surface area contributed by atoms with Gasteiger partial charge in [0.15, 0.2) is 24.0 Å². The number of fused-ring (bicyclic) bond motifs is 2. The van der Waals surface area contributed by atoms with Gasteiger partial charge in [0.1, 0.15) is 11.8 Å². The van der Waals surface area contributed by atoms with Crippen LogP contribution in [-0.4, -0.2) is 61.8 Å². The van der Waals surface area contributed by atoms with Crippen molar-refractivity contribution in [2.24, 2.45) is 0 Å². The Labute approximate surface area is 154 Å². The van der Waals surface area contributed by atoms with Crippen molar-refractivity contribution in [3.05, 3.63) is 27.2 Å². The first-order valence-corrected chi connectivity index (χ1v) is 8.16. The first-order chi connectivity index (χ1) is 13.3. The molecular formula is C15H14N4O9. The highest BCUT2D eigenvalue weighted by Crippen LogP contribution is 2.40. The van der Waals surface area contributed by atoms with Gasteiger partial charge in [0, 0.05) is 13.8 Å². The van der Waals surface area contributed by atoms with Crippen LogP contribution in [0.4, 0.5) is 0 Å². The maximum Gasteiger partial charge on any atom is 0.350 e. The van der Waals surface area contributed by atoms with Crippen molar-refractivity contribution in [1.82, 2.24) is 19.5 Å². The van der Waals surface area contributed by atoms with E-state index >= 15 is 0 Å². The molecule has 0 unspecified atom stereocenters. The van der Waals surface area contributed by atoms with Crippen molar-refractivity contribution >= 4 is 29.1 Å². The van der Waals surface area contributed by atoms with Crippen LogP contribution in [0, 0.1) is 0 Å². The van der Waals surface area contributed by atoms with E-state index in [4.69, 9.17) is 18.9 Å². The van der Waals surface area contributed by atoms with Crippen LogP contribution < -0.4 is 11.2 Å². The molecular weight excluding hydrogens is 380 g/mol. The molecule has 2 aromatic heterocycles. The number of aromatic nitrogens is 4. The third kappa shape index (κ3) is 2.76. The molecule has 148 valence electrons. The number of carbonyl (C=O) groups is 3. The number of ether oxygens (including phenoxy) is 4. The number of hydrogen-bond donors (Lipinski definition) is 2. The molecule has 13 heteroatoms. The van der Waals surface area contributed by atoms with E-state index in [1.165, 1.54) is 10.9 Å². The number of H-pyrrole nitrogens is 2. The second kappa shape index (κ2) is 6.30. The van der Waals surface area contributed by atoms with E-state index in [9.17, 15) is 24.0 Å². The minimum Gasteiger partial charge on any atom is -0.454 e. The molecule has 2 N–H and O–H groups in total. The fourth-order valence-corrected chi connectivity index (χ4v) is 3.36. The van der Waals surface area contributed by atoms with Gasteiger partial charge < -0.3 is 18.9 Å². The number of imidazole rings is 1. The summed E-state index contributed by atoms with van der Waals surface area (Å²) in [5.74, 6) is -2.23. The zero-order valence-electron chi connectivity index (χ0n) is 14.5. The van der Waals surface area contributed by atoms with Crippen LogP contribution >= 0.6 is 0 Å². The van der Waals surface area contributed by atoms with Gasteiger partial charge in [0.25, 0.3) is 5.56 Å². The number of esters is 3. The largest absolute Gasteiger partial charge is 0.454 e. The van der Waals surface area contributed by atoms with Crippen molar-refractivity contribution in [2.75, 3.05) is 0 Å². The van der Waals surface area contributed by atoms with Gasteiger partial charge in [0.2, 0.25) is 6.10 Å². The second-order valence-corrected chi connectivity index (χ2v) is 6.25. The fourth-order valence-electron chi connectivity index (χ4n) is 3.36. The van der Waals surface area contributed by atoms with Gasteiger partial charge in [-0.25, -0.2) is 14.6 Å². The van der Waals surface area contributed by atoms with E-state index in [0.717, 1.165) is 13.8 Å². The molecule has 0 amide bonds. The summed E-state index contributed by atoms with van der Waals surface area (Å²) in [4.78, 5) is 66.8. The maximum absolute atomic E-state index is 12.0. The van der Waals surface area contributed by atoms with Crippen LogP contribution in [0.5, 0.6) is 0 Å². The molecule has 4 heterocycles. The summed E-state index contributed by atoms with van der Waals surface area (Å²) >= 11 is 0. The van der Waals surface area contributed by atoms with Gasteiger partial charge in [-0.05, 0) is 0 Å². The van der Waals surface area contributed by atoms with E-state index in [0.29, 0.717) is 0 Å². The van der Waals surface area contributed by atoms with E-state index in [2.05, 4.69) is 9.97 Å². The Balaban J connectivity index is 1.78. The monoisotopic (exact) mass is 394 g/mol. The lowest BCUT2D eigenvalue weighted by atomic mass is 10.1. The van der Waals surface area contributed by atoms with Crippen molar-refractivity contribution in [2.45, 2.75) is 44.5 Å². The van der Waals surface area contributed by atoms with Crippen molar-refractivity contribution in [1.29, 1.82) is 0 Å². The Morgan fingerprint density at radius 1 is 1.11 bits per heavy atom. The zero-order valence-corrected chi connectivity index (χ0v) is 14.5. The summed E-state index contributed by atoms with van der Waals surface area (Å²) in [5.41, 5.74) is -1.55. The van der Waals surface area contributed by atoms with Gasteiger partial charge in [-0.3, -0.25) is 28.9 Å². The highest BCUT2D eigenvalue weighted by Gasteiger charge is 2.61. The van der Waals surface area contributed by atoms with Crippen LogP contribution in [0.15, 0.2) is 15.9 Å². The van der Waals surface area contributed by atoms with E-state index in [1.807, 2.05) is 4.98 Å². The molecule has 2 aromatic rings. The third-order valence-electron chi connectivity index (χ3n) is 4.35. The van der Waals surface area contributed by atoms with E-state index in [-0.39, 0.29) is 11.2 Å². The number of hydrogen-bond acceptors (Lipinski definition) is 10. The first kappa shape index (κ1) is 17.9. The molecule has 13 nitrogen and oxygen atoms in total. The van der Waals surface area contributed by atoms with Gasteiger partial charge in [-0.2, -0.15) is 0 Å². The molecule has 2 saturated heterocycles. The molecule has 4 rings (SSSR count). The van der Waals surface area contributed by atoms with Crippen LogP contribution in [-0.2, 0) is 33.3 Å². The summed E-state index contributed by atoms with van der Waals surface area (Å²) < 4.78 is 22.5. The molecule has 0 aliphatic carbocycles. The fraction of sp³-hybridized carbons (Fsp3) is 0.467. The average Bonchev–Trinajstić information content (AvgIpc) is 3.22. The average molecular weight is 394 g/mol. The number of nitrogens with one attached hydrogen (secondary N) is 2. The summed E-state index contributed by atoms with van der Waals surface area (Å²) in [7, 11) is 0. The van der Waals surface area contributed by atoms with Crippen LogP contribution in [0.1, 0.15) is 20.1 Å². The number of carbonyl (C=O) groups excluding carboxylic acids is 3. The summed E-state index contributed by atoms with van der Waals surface area (Å²) in [6, 6.07) is 0. The Morgan fingerprint density at radius 3 is 2.50 bits per heavy atom. The first-order valence-electron chi connectivity index (χ1n) is 8.16. The summed E-state index contributed by atoms with van der Waals surface area (Å²) in [5, 5.41) is 0. The van der Waals surface area contributed by atoms with Crippen LogP contribution in [0.2, 0.25) is 0 Å². The summed E-state index contributed by atoms with van der Waals surface area (Å²) in [6.45, 7) is 2.28. The van der Waals surface area contributed by atoms with Gasteiger partial charge >= 0.3 is 23.6 Å². The standard InChI is InChI=1S/C15H14N4O9/c1-4(20)25-9-7-8(10(14(23)28-7)26-5(2)21)27-13(9)19-3-16-6-11(19)17-15(24)18-12(6)22/h3,7-10,13H,1-2H3,(H2,17,18,22,24)/t7-,8-,9-,10-,13+/m1/s1. The lowest BCUT2D eigenvalue weighted by Crippen LogP contribution is -2.36. The molecule has 2 fully saturated rings. The van der Waals surface area contributed by atoms with Crippen LogP contribution in [0.3, 0.4) is 0 Å². The smallest absolute Gasteiger partial charge is 0.350 e. The maximum atomic E-state index is 12.0. The number of aromatic amines is 2. The zero-order chi connectivity index (χ0) is 20.2. The third-order valence-corrected chi connectivity index (χ3v) is 4.35. The molecule has 2 aliphatic rings. The molecule has 0 aromatic carbocycles. The highest BCUT2D eigenvalue weighted by atomic mass is 16.7. The van der Waals surface area contributed by atoms with Gasteiger partial charge in [-0.15, -0.1) is 0 Å². The molecule has 28 heavy (non-hydrogen) atoms. The van der Waals surface area contributed by atoms with Gasteiger partial charge in [0.05, 0.1) is 6.33 Å². The highest BCUT2D eigenvalue weighted by molar-refractivity contribution is 5.82. The Morgan fingerprint density at radius 2 is 1.82 bits per heavy atom. The minimum absolute atomic E-state index is 0.0197. The van der Waals surface area contributed by atoms with Crippen LogP contribution in [0.25, 0.3) is 11.2 Å². The molecule has 0 radical (unpaired) electrons. The quantitative estimate of drug-likeness (QED) is 0.442. The normalized spacial score (nSPS) is 28.8. The number of nitrogens with zero attached hydrogens (tertiary/aromatic N) is 2. The SMILES string of the molecule is CC(=O)O[C@@H]1[C@@H]2OC(=O)[C@H](OC(C)=O)[C@@H]2O[C@@H]1n1cnc2c(=O)[nH]c(=O)[nH]c21. The predicted octanol–water partition coefficient (Wildman–Crippen LogP) is -1.90. The second-order valence-electron chi connectivity index (χ2n) is 6.25. The lowest BCUT2D eigenvalue weighted by Gasteiger charge is -2.22. The van der Waals surface area contributed by atoms with Crippen molar-refractivity contribution in [3.63, 3.8) is 0 Å². The van der Waals surface area contributed by atoms with Crippen molar-refractivity contribution in [3.8, 4) is 0 Å².